The van der Waals surface area contributed by atoms with Gasteiger partial charge in [-0.1, -0.05) is 0 Å². The number of pyridine rings is 2. The average Bonchev–Trinajstić information content (AvgIpc) is 3.14. The van der Waals surface area contributed by atoms with Gasteiger partial charge in [0.25, 0.3) is 5.88 Å². The van der Waals surface area contributed by atoms with Gasteiger partial charge >= 0.3 is 0 Å². The maximum Gasteiger partial charge on any atom is 0.257 e. The van der Waals surface area contributed by atoms with Crippen molar-refractivity contribution < 1.29 is 14.2 Å². The minimum atomic E-state index is -0.944. The standard InChI is InChI=1S/C20H27N3O3Si/c1-14-10-17(11-15(2)21-14)26-13-27-9-6-23(12-27)16(3)18-4-5-19-20(22-18)25-8-7-24-19/h4-5,10-11,16,27H,6-9,12-13H2,1-3H3/t16?,27-/m0/s1. The Labute approximate surface area is 162 Å². The number of hydrogen-bond donors (Lipinski definition) is 0. The van der Waals surface area contributed by atoms with E-state index in [4.69, 9.17) is 14.2 Å². The van der Waals surface area contributed by atoms with E-state index in [9.17, 15) is 0 Å². The Balaban J connectivity index is 1.34. The van der Waals surface area contributed by atoms with Crippen molar-refractivity contribution in [2.45, 2.75) is 32.9 Å². The van der Waals surface area contributed by atoms with E-state index < -0.39 is 8.80 Å². The summed E-state index contributed by atoms with van der Waals surface area (Å²) in [5, 5.41) is 0. The van der Waals surface area contributed by atoms with Crippen LogP contribution in [-0.2, 0) is 0 Å². The maximum absolute atomic E-state index is 6.10. The maximum atomic E-state index is 6.10. The van der Waals surface area contributed by atoms with Gasteiger partial charge in [0.1, 0.15) is 19.0 Å². The number of rotatable bonds is 5. The Kier molecular flexibility index (Phi) is 5.31. The summed E-state index contributed by atoms with van der Waals surface area (Å²) >= 11 is 0. The van der Waals surface area contributed by atoms with Gasteiger partial charge in [-0.25, -0.2) is 4.98 Å². The van der Waals surface area contributed by atoms with Crippen LogP contribution in [0.3, 0.4) is 0 Å². The summed E-state index contributed by atoms with van der Waals surface area (Å²) in [6.07, 6.45) is 2.03. The molecule has 0 spiro atoms. The molecule has 0 aromatic carbocycles. The molecule has 144 valence electrons. The summed E-state index contributed by atoms with van der Waals surface area (Å²) in [4.78, 5) is 11.6. The quantitative estimate of drug-likeness (QED) is 0.738. The smallest absolute Gasteiger partial charge is 0.257 e. The molecule has 0 amide bonds. The first-order valence-electron chi connectivity index (χ1n) is 9.67. The van der Waals surface area contributed by atoms with E-state index in [2.05, 4.69) is 27.9 Å². The molecule has 2 aliphatic heterocycles. The third-order valence-electron chi connectivity index (χ3n) is 5.26. The van der Waals surface area contributed by atoms with Crippen molar-refractivity contribution in [2.24, 2.45) is 0 Å². The molecule has 27 heavy (non-hydrogen) atoms. The fraction of sp³-hybridized carbons (Fsp3) is 0.500. The van der Waals surface area contributed by atoms with Crippen molar-refractivity contribution >= 4 is 8.80 Å². The van der Waals surface area contributed by atoms with Gasteiger partial charge in [-0.3, -0.25) is 9.88 Å². The number of ether oxygens (including phenoxy) is 3. The second kappa shape index (κ2) is 7.86. The second-order valence-corrected chi connectivity index (χ2v) is 10.5. The molecule has 4 rings (SSSR count). The molecule has 0 radical (unpaired) electrons. The Bertz CT molecular complexity index is 797. The number of fused-ring (bicyclic) bond motifs is 1. The Morgan fingerprint density at radius 3 is 2.74 bits per heavy atom. The molecule has 1 saturated heterocycles. The highest BCUT2D eigenvalue weighted by Gasteiger charge is 2.29. The molecule has 7 heteroatoms. The lowest BCUT2D eigenvalue weighted by molar-refractivity contribution is 0.162. The summed E-state index contributed by atoms with van der Waals surface area (Å²) in [7, 11) is -0.944. The third-order valence-corrected chi connectivity index (χ3v) is 7.96. The molecule has 0 N–H and O–H groups in total. The summed E-state index contributed by atoms with van der Waals surface area (Å²) in [6, 6.07) is 9.65. The lowest BCUT2D eigenvalue weighted by Gasteiger charge is -2.25. The average molecular weight is 386 g/mol. The fourth-order valence-corrected chi connectivity index (χ4v) is 6.55. The normalized spacial score (nSPS) is 20.5. The van der Waals surface area contributed by atoms with E-state index in [-0.39, 0.29) is 6.04 Å². The number of aromatic nitrogens is 2. The molecule has 2 aliphatic rings. The van der Waals surface area contributed by atoms with Crippen LogP contribution >= 0.6 is 0 Å². The molecule has 0 saturated carbocycles. The topological polar surface area (TPSA) is 56.7 Å². The summed E-state index contributed by atoms with van der Waals surface area (Å²) in [5.41, 5.74) is 3.08. The van der Waals surface area contributed by atoms with Crippen LogP contribution in [0.25, 0.3) is 0 Å². The molecule has 0 bridgehead atoms. The molecule has 2 aromatic heterocycles. The zero-order valence-corrected chi connectivity index (χ0v) is 17.4. The monoisotopic (exact) mass is 385 g/mol. The van der Waals surface area contributed by atoms with E-state index in [0.29, 0.717) is 19.1 Å². The van der Waals surface area contributed by atoms with Gasteiger partial charge in [0.15, 0.2) is 5.75 Å². The Morgan fingerprint density at radius 1 is 1.15 bits per heavy atom. The largest absolute Gasteiger partial charge is 0.497 e. The molecule has 1 unspecified atom stereocenters. The van der Waals surface area contributed by atoms with Gasteiger partial charge in [0.05, 0.1) is 20.7 Å². The van der Waals surface area contributed by atoms with Crippen LogP contribution in [0.15, 0.2) is 24.3 Å². The van der Waals surface area contributed by atoms with Gasteiger partial charge in [-0.2, -0.15) is 0 Å². The van der Waals surface area contributed by atoms with Gasteiger partial charge in [0, 0.05) is 29.6 Å². The lowest BCUT2D eigenvalue weighted by atomic mass is 10.2. The predicted molar refractivity (Wildman–Crippen MR) is 106 cm³/mol. The van der Waals surface area contributed by atoms with Gasteiger partial charge in [-0.05, 0) is 51.7 Å². The van der Waals surface area contributed by atoms with Crippen LogP contribution in [0.5, 0.6) is 17.4 Å². The second-order valence-electron chi connectivity index (χ2n) is 7.46. The van der Waals surface area contributed by atoms with Gasteiger partial charge < -0.3 is 14.2 Å². The van der Waals surface area contributed by atoms with E-state index in [0.717, 1.165) is 47.5 Å². The molecule has 0 aliphatic carbocycles. The number of aryl methyl sites for hydroxylation is 2. The lowest BCUT2D eigenvalue weighted by Crippen LogP contribution is -2.31. The fourth-order valence-electron chi connectivity index (χ4n) is 3.81. The molecular formula is C20H27N3O3Si. The SMILES string of the molecule is Cc1cc(OC[Si@H]2CCN(C(C)c3ccc4c(n3)OCCO4)C2)cc(C)n1. The molecule has 6 nitrogen and oxygen atoms in total. The van der Waals surface area contributed by atoms with Crippen LogP contribution < -0.4 is 14.2 Å². The van der Waals surface area contributed by atoms with Crippen molar-refractivity contribution in [3.05, 3.63) is 41.3 Å². The third kappa shape index (κ3) is 4.25. The van der Waals surface area contributed by atoms with E-state index in [1.165, 1.54) is 6.04 Å². The predicted octanol–water partition coefficient (Wildman–Crippen LogP) is 2.63. The van der Waals surface area contributed by atoms with Crippen molar-refractivity contribution in [1.82, 2.24) is 14.9 Å². The van der Waals surface area contributed by atoms with Crippen LogP contribution in [0.4, 0.5) is 0 Å². The highest BCUT2D eigenvalue weighted by Crippen LogP contribution is 2.31. The van der Waals surface area contributed by atoms with Crippen molar-refractivity contribution in [2.75, 3.05) is 32.2 Å². The number of nitrogens with zero attached hydrogens (tertiary/aromatic N) is 3. The molecule has 1 fully saturated rings. The first kappa shape index (κ1) is 18.2. The Hall–Kier alpha value is -2.12. The molecule has 2 atom stereocenters. The van der Waals surface area contributed by atoms with Crippen molar-refractivity contribution in [3.63, 3.8) is 0 Å². The van der Waals surface area contributed by atoms with Gasteiger partial charge in [-0.15, -0.1) is 0 Å². The number of hydrogen-bond acceptors (Lipinski definition) is 6. The van der Waals surface area contributed by atoms with Gasteiger partial charge in [0.2, 0.25) is 0 Å². The zero-order chi connectivity index (χ0) is 18.8. The van der Waals surface area contributed by atoms with E-state index in [1.807, 2.05) is 32.0 Å². The highest BCUT2D eigenvalue weighted by atomic mass is 28.3. The van der Waals surface area contributed by atoms with Crippen LogP contribution in [0.2, 0.25) is 6.04 Å². The first-order valence-corrected chi connectivity index (χ1v) is 12.1. The van der Waals surface area contributed by atoms with Crippen LogP contribution in [-0.4, -0.2) is 55.8 Å². The molecular weight excluding hydrogens is 358 g/mol. The molecule has 2 aromatic rings. The Morgan fingerprint density at radius 2 is 1.93 bits per heavy atom. The minimum Gasteiger partial charge on any atom is -0.497 e. The van der Waals surface area contributed by atoms with Crippen molar-refractivity contribution in [1.29, 1.82) is 0 Å². The minimum absolute atomic E-state index is 0.281. The zero-order valence-electron chi connectivity index (χ0n) is 16.3. The first-order chi connectivity index (χ1) is 13.1. The van der Waals surface area contributed by atoms with E-state index >= 15 is 0 Å². The van der Waals surface area contributed by atoms with Crippen LogP contribution in [0, 0.1) is 13.8 Å². The summed E-state index contributed by atoms with van der Waals surface area (Å²) in [6.45, 7) is 8.53. The highest BCUT2D eigenvalue weighted by molar-refractivity contribution is 6.59. The van der Waals surface area contributed by atoms with Crippen LogP contribution in [0.1, 0.15) is 30.0 Å². The summed E-state index contributed by atoms with van der Waals surface area (Å²) in [5.74, 6) is 2.33. The summed E-state index contributed by atoms with van der Waals surface area (Å²) < 4.78 is 17.3. The van der Waals surface area contributed by atoms with E-state index in [1.54, 1.807) is 0 Å². The molecule has 4 heterocycles. The van der Waals surface area contributed by atoms with Crippen molar-refractivity contribution in [3.8, 4) is 17.4 Å².